The van der Waals surface area contributed by atoms with Crippen LogP contribution in [0.2, 0.25) is 0 Å². The fraction of sp³-hybridized carbons (Fsp3) is 0.487. The molecule has 0 radical (unpaired) electrons. The van der Waals surface area contributed by atoms with Crippen LogP contribution in [0.3, 0.4) is 0 Å². The van der Waals surface area contributed by atoms with E-state index in [1.165, 1.54) is 43.2 Å². The molecule has 2 unspecified atom stereocenters. The van der Waals surface area contributed by atoms with Gasteiger partial charge in [-0.3, -0.25) is 9.59 Å². The lowest BCUT2D eigenvalue weighted by Gasteiger charge is -2.34. The van der Waals surface area contributed by atoms with Crippen molar-refractivity contribution in [2.45, 2.75) is 70.6 Å². The summed E-state index contributed by atoms with van der Waals surface area (Å²) in [6.07, 6.45) is 9.12. The molecule has 6 nitrogen and oxygen atoms in total. The minimum atomic E-state index is -0.212. The van der Waals surface area contributed by atoms with Gasteiger partial charge in [0.25, 0.3) is 0 Å². The molecular weight excluding hydrogens is 560 g/mol. The number of anilines is 1. The van der Waals surface area contributed by atoms with Crippen LogP contribution in [-0.4, -0.2) is 50.1 Å². The van der Waals surface area contributed by atoms with E-state index in [1.54, 1.807) is 0 Å². The molecule has 2 saturated carbocycles. The molecule has 6 heteroatoms. The van der Waals surface area contributed by atoms with E-state index in [-0.39, 0.29) is 23.8 Å². The molecule has 0 N–H and O–H groups in total. The second kappa shape index (κ2) is 14.6. The number of hydrogen-bond acceptors (Lipinski definition) is 6. The molecule has 0 bridgehead atoms. The van der Waals surface area contributed by atoms with Crippen LogP contribution in [0.15, 0.2) is 72.8 Å². The minimum absolute atomic E-state index is 0.192. The summed E-state index contributed by atoms with van der Waals surface area (Å²) < 4.78 is 11.5. The molecule has 6 rings (SSSR count). The standard InChI is InChI=1S/C39H48N2O4/c1-28-4-3-5-29(7-6-28)30-8-10-31(11-9-30)32-16-20-36(21-17-32)44-38(42)33-12-14-34(15-13-33)39(43)45-37-22-18-35(19-23-37)41-26-24-40(2)25-27-41/h8-11,16-23,28-29,33-34H,3-7,12-15,24-27H2,1-2H3. The number of hydrogen-bond donors (Lipinski definition) is 0. The number of likely N-dealkylation sites (N-methyl/N-ethyl adjacent to an activating group) is 1. The average molecular weight is 609 g/mol. The molecule has 0 amide bonds. The van der Waals surface area contributed by atoms with Gasteiger partial charge in [-0.05, 0) is 110 Å². The van der Waals surface area contributed by atoms with Crippen molar-refractivity contribution in [3.05, 3.63) is 78.4 Å². The molecule has 1 saturated heterocycles. The van der Waals surface area contributed by atoms with Gasteiger partial charge < -0.3 is 19.3 Å². The third kappa shape index (κ3) is 8.15. The number of carbonyl (C=O) groups excluding carboxylic acids is 2. The van der Waals surface area contributed by atoms with Gasteiger partial charge >= 0.3 is 11.9 Å². The Labute approximate surface area is 268 Å². The van der Waals surface area contributed by atoms with Gasteiger partial charge in [-0.15, -0.1) is 0 Å². The summed E-state index contributed by atoms with van der Waals surface area (Å²) in [5.74, 6) is 1.86. The molecule has 0 aromatic heterocycles. The molecule has 2 aliphatic carbocycles. The smallest absolute Gasteiger partial charge is 0.314 e. The first-order valence-corrected chi connectivity index (χ1v) is 17.1. The van der Waals surface area contributed by atoms with Crippen molar-refractivity contribution in [2.75, 3.05) is 38.1 Å². The van der Waals surface area contributed by atoms with Gasteiger partial charge in [-0.2, -0.15) is 0 Å². The number of ether oxygens (including phenoxy) is 2. The molecule has 2 atom stereocenters. The van der Waals surface area contributed by atoms with Gasteiger partial charge in [-0.1, -0.05) is 62.6 Å². The first-order valence-electron chi connectivity index (χ1n) is 17.1. The predicted octanol–water partition coefficient (Wildman–Crippen LogP) is 8.11. The zero-order valence-corrected chi connectivity index (χ0v) is 27.0. The van der Waals surface area contributed by atoms with Crippen LogP contribution in [0.25, 0.3) is 11.1 Å². The predicted molar refractivity (Wildman–Crippen MR) is 180 cm³/mol. The third-order valence-electron chi connectivity index (χ3n) is 10.4. The lowest BCUT2D eigenvalue weighted by molar-refractivity contribution is -0.145. The second-order valence-electron chi connectivity index (χ2n) is 13.6. The van der Waals surface area contributed by atoms with Crippen molar-refractivity contribution < 1.29 is 19.1 Å². The molecule has 3 fully saturated rings. The van der Waals surface area contributed by atoms with Crippen LogP contribution in [0.5, 0.6) is 11.5 Å². The fourth-order valence-electron chi connectivity index (χ4n) is 7.24. The number of esters is 2. The van der Waals surface area contributed by atoms with Crippen LogP contribution in [0.4, 0.5) is 5.69 Å². The van der Waals surface area contributed by atoms with Crippen molar-refractivity contribution in [3.8, 4) is 22.6 Å². The molecule has 238 valence electrons. The lowest BCUT2D eigenvalue weighted by Crippen LogP contribution is -2.44. The van der Waals surface area contributed by atoms with E-state index in [1.807, 2.05) is 48.5 Å². The fourth-order valence-corrected chi connectivity index (χ4v) is 7.24. The minimum Gasteiger partial charge on any atom is -0.426 e. The molecule has 3 aromatic rings. The summed E-state index contributed by atoms with van der Waals surface area (Å²) >= 11 is 0. The Morgan fingerprint density at radius 3 is 1.67 bits per heavy atom. The highest BCUT2D eigenvalue weighted by Crippen LogP contribution is 2.35. The first-order chi connectivity index (χ1) is 21.9. The Kier molecular flexibility index (Phi) is 10.2. The summed E-state index contributed by atoms with van der Waals surface area (Å²) in [7, 11) is 2.15. The highest BCUT2D eigenvalue weighted by molar-refractivity contribution is 5.78. The Morgan fingerprint density at radius 2 is 1.11 bits per heavy atom. The maximum Gasteiger partial charge on any atom is 0.314 e. The van der Waals surface area contributed by atoms with Crippen LogP contribution >= 0.6 is 0 Å². The number of benzene rings is 3. The van der Waals surface area contributed by atoms with E-state index in [0.29, 0.717) is 43.1 Å². The normalized spacial score (nSPS) is 24.4. The number of carbonyl (C=O) groups is 2. The summed E-state index contributed by atoms with van der Waals surface area (Å²) in [6.45, 7) is 6.48. The molecule has 0 spiro atoms. The maximum absolute atomic E-state index is 13.0. The summed E-state index contributed by atoms with van der Waals surface area (Å²) in [6, 6.07) is 24.7. The Balaban J connectivity index is 0.947. The van der Waals surface area contributed by atoms with E-state index >= 15 is 0 Å². The summed E-state index contributed by atoms with van der Waals surface area (Å²) in [5.41, 5.74) is 4.90. The molecule has 3 aromatic carbocycles. The Hall–Kier alpha value is -3.64. The number of nitrogens with zero attached hydrogens (tertiary/aromatic N) is 2. The molecule has 3 aliphatic rings. The highest BCUT2D eigenvalue weighted by Gasteiger charge is 2.32. The van der Waals surface area contributed by atoms with E-state index in [4.69, 9.17) is 9.47 Å². The Bertz CT molecular complexity index is 1400. The van der Waals surface area contributed by atoms with E-state index in [2.05, 4.69) is 48.0 Å². The SMILES string of the molecule is CC1CCCC(c2ccc(-c3ccc(OC(=O)C4CCC(C(=O)Oc5ccc(N6CCN(C)CC6)cc5)CC4)cc3)cc2)CC1. The van der Waals surface area contributed by atoms with Crippen molar-refractivity contribution in [1.82, 2.24) is 4.90 Å². The highest BCUT2D eigenvalue weighted by atomic mass is 16.5. The summed E-state index contributed by atoms with van der Waals surface area (Å²) in [4.78, 5) is 30.5. The topological polar surface area (TPSA) is 59.1 Å². The molecular formula is C39H48N2O4. The zero-order valence-electron chi connectivity index (χ0n) is 27.0. The molecule has 1 heterocycles. The van der Waals surface area contributed by atoms with E-state index in [9.17, 15) is 9.59 Å². The summed E-state index contributed by atoms with van der Waals surface area (Å²) in [5, 5.41) is 0. The van der Waals surface area contributed by atoms with Crippen LogP contribution < -0.4 is 14.4 Å². The van der Waals surface area contributed by atoms with Crippen molar-refractivity contribution in [1.29, 1.82) is 0 Å². The third-order valence-corrected chi connectivity index (χ3v) is 10.4. The van der Waals surface area contributed by atoms with Crippen molar-refractivity contribution >= 4 is 17.6 Å². The lowest BCUT2D eigenvalue weighted by atomic mass is 9.82. The quantitative estimate of drug-likeness (QED) is 0.153. The van der Waals surface area contributed by atoms with Gasteiger partial charge in [0.15, 0.2) is 0 Å². The van der Waals surface area contributed by atoms with Crippen molar-refractivity contribution in [3.63, 3.8) is 0 Å². The number of piperazine rings is 1. The average Bonchev–Trinajstić information content (AvgIpc) is 3.30. The van der Waals surface area contributed by atoms with Gasteiger partial charge in [0.1, 0.15) is 11.5 Å². The Morgan fingerprint density at radius 1 is 0.600 bits per heavy atom. The van der Waals surface area contributed by atoms with Gasteiger partial charge in [0.05, 0.1) is 11.8 Å². The van der Waals surface area contributed by atoms with Gasteiger partial charge in [-0.25, -0.2) is 0 Å². The largest absolute Gasteiger partial charge is 0.426 e. The molecule has 45 heavy (non-hydrogen) atoms. The van der Waals surface area contributed by atoms with E-state index in [0.717, 1.165) is 43.3 Å². The van der Waals surface area contributed by atoms with Crippen LogP contribution in [0.1, 0.15) is 76.2 Å². The molecule has 1 aliphatic heterocycles. The monoisotopic (exact) mass is 608 g/mol. The van der Waals surface area contributed by atoms with Crippen molar-refractivity contribution in [2.24, 2.45) is 17.8 Å². The van der Waals surface area contributed by atoms with Crippen LogP contribution in [-0.2, 0) is 9.59 Å². The number of rotatable bonds is 7. The van der Waals surface area contributed by atoms with Crippen LogP contribution in [0, 0.1) is 17.8 Å². The second-order valence-corrected chi connectivity index (χ2v) is 13.6. The van der Waals surface area contributed by atoms with Gasteiger partial charge in [0, 0.05) is 31.9 Å². The first kappa shape index (κ1) is 31.3. The maximum atomic E-state index is 13.0. The van der Waals surface area contributed by atoms with E-state index < -0.39 is 0 Å². The van der Waals surface area contributed by atoms with Gasteiger partial charge in [0.2, 0.25) is 0 Å². The zero-order chi connectivity index (χ0) is 31.2.